The molecule has 1 aromatic carbocycles. The van der Waals surface area contributed by atoms with Gasteiger partial charge < -0.3 is 0 Å². The van der Waals surface area contributed by atoms with E-state index in [-0.39, 0.29) is 0 Å². The van der Waals surface area contributed by atoms with Gasteiger partial charge in [-0.2, -0.15) is 0 Å². The lowest BCUT2D eigenvalue weighted by Gasteiger charge is -2.05. The van der Waals surface area contributed by atoms with Crippen molar-refractivity contribution in [2.75, 3.05) is 0 Å². The normalized spacial score (nSPS) is 17.2. The highest BCUT2D eigenvalue weighted by Crippen LogP contribution is 2.27. The summed E-state index contributed by atoms with van der Waals surface area (Å²) in [6, 6.07) is 7.08. The quantitative estimate of drug-likeness (QED) is 0.871. The summed E-state index contributed by atoms with van der Waals surface area (Å²) in [4.78, 5) is 17.8. The second-order valence-electron chi connectivity index (χ2n) is 4.14. The van der Waals surface area contributed by atoms with Crippen LogP contribution in [0, 0.1) is 0 Å². The van der Waals surface area contributed by atoms with Crippen molar-refractivity contribution in [3.05, 3.63) is 46.3 Å². The zero-order valence-electron chi connectivity index (χ0n) is 10.5. The number of nitrogens with one attached hydrogen (secondary N) is 1. The van der Waals surface area contributed by atoms with Gasteiger partial charge in [-0.3, -0.25) is 0 Å². The molecule has 21 heavy (non-hydrogen) atoms. The van der Waals surface area contributed by atoms with Gasteiger partial charge in [-0.25, -0.2) is 25.3 Å². The summed E-state index contributed by atoms with van der Waals surface area (Å²) in [7, 11) is 0. The second kappa shape index (κ2) is 6.03. The van der Waals surface area contributed by atoms with Gasteiger partial charge in [0.05, 0.1) is 15.7 Å². The summed E-state index contributed by atoms with van der Waals surface area (Å²) in [6.07, 6.45) is 0.959. The monoisotopic (exact) mass is 338 g/mol. The molecule has 1 aliphatic heterocycles. The van der Waals surface area contributed by atoms with E-state index in [1.165, 1.54) is 11.7 Å². The van der Waals surface area contributed by atoms with Crippen LogP contribution in [0.4, 0.5) is 0 Å². The Morgan fingerprint density at radius 2 is 1.95 bits per heavy atom. The van der Waals surface area contributed by atoms with Crippen molar-refractivity contribution < 1.29 is 4.84 Å². The maximum absolute atomic E-state index is 6.02. The number of hydrogen-bond donors (Lipinski definition) is 1. The average Bonchev–Trinajstić information content (AvgIpc) is 2.99. The number of thiocarbonyl (C=S) groups is 1. The summed E-state index contributed by atoms with van der Waals surface area (Å²) >= 11 is 16.7. The Hall–Kier alpha value is -1.60. The molecule has 2 aromatic rings. The predicted molar refractivity (Wildman–Crippen MR) is 85.7 cm³/mol. The standard InChI is InChI=1S/C13H8Cl2N4OS/c14-8-2-1-7(3-9(8)15)10-4-11(17-6-16-10)13-18-12(5-21)20-19-13/h1-6,12H,(H,18,19). The van der Waals surface area contributed by atoms with Gasteiger partial charge in [-0.05, 0) is 18.2 Å². The first kappa shape index (κ1) is 14.3. The Kier molecular flexibility index (Phi) is 4.12. The van der Waals surface area contributed by atoms with E-state index in [2.05, 4.69) is 20.4 Å². The van der Waals surface area contributed by atoms with E-state index in [0.29, 0.717) is 27.3 Å². The third-order valence-electron chi connectivity index (χ3n) is 2.77. The molecule has 5 nitrogen and oxygen atoms in total. The summed E-state index contributed by atoms with van der Waals surface area (Å²) in [6.45, 7) is 0. The molecule has 1 N–H and O–H groups in total. The van der Waals surface area contributed by atoms with Crippen LogP contribution in [0.3, 0.4) is 0 Å². The summed E-state index contributed by atoms with van der Waals surface area (Å²) in [5.41, 5.74) is 4.82. The van der Waals surface area contributed by atoms with Crippen LogP contribution in [-0.2, 0) is 4.84 Å². The lowest BCUT2D eigenvalue weighted by Crippen LogP contribution is -2.20. The van der Waals surface area contributed by atoms with E-state index in [0.717, 1.165) is 5.56 Å². The fraction of sp³-hybridized carbons (Fsp3) is 0.0769. The van der Waals surface area contributed by atoms with Gasteiger partial charge in [0.2, 0.25) is 6.23 Å². The molecule has 0 aliphatic carbocycles. The van der Waals surface area contributed by atoms with Gasteiger partial charge in [0.1, 0.15) is 12.0 Å². The van der Waals surface area contributed by atoms with Gasteiger partial charge >= 0.3 is 0 Å². The molecule has 1 aliphatic rings. The van der Waals surface area contributed by atoms with Crippen molar-refractivity contribution in [2.24, 2.45) is 4.99 Å². The van der Waals surface area contributed by atoms with Crippen LogP contribution < -0.4 is 5.48 Å². The maximum Gasteiger partial charge on any atom is 0.206 e. The number of halogens is 2. The predicted octanol–water partition coefficient (Wildman–Crippen LogP) is 3.06. The second-order valence-corrected chi connectivity index (χ2v) is 5.23. The summed E-state index contributed by atoms with van der Waals surface area (Å²) in [5, 5.41) is 2.38. The van der Waals surface area contributed by atoms with Crippen molar-refractivity contribution in [2.45, 2.75) is 6.23 Å². The smallest absolute Gasteiger partial charge is 0.206 e. The average molecular weight is 339 g/mol. The zero-order chi connectivity index (χ0) is 14.8. The van der Waals surface area contributed by atoms with E-state index in [1.54, 1.807) is 18.2 Å². The Labute approximate surface area is 135 Å². The van der Waals surface area contributed by atoms with Crippen LogP contribution in [0.25, 0.3) is 11.3 Å². The van der Waals surface area contributed by atoms with Crippen molar-refractivity contribution in [1.82, 2.24) is 15.4 Å². The Morgan fingerprint density at radius 1 is 1.14 bits per heavy atom. The molecule has 0 saturated heterocycles. The SMILES string of the molecule is S=CC1N=C(c2cc(-c3ccc(Cl)c(Cl)c3)ncn2)NO1. The highest BCUT2D eigenvalue weighted by atomic mass is 35.5. The topological polar surface area (TPSA) is 59.4 Å². The minimum absolute atomic E-state index is 0.467. The summed E-state index contributed by atoms with van der Waals surface area (Å²) in [5.74, 6) is 0.504. The van der Waals surface area contributed by atoms with Crippen molar-refractivity contribution >= 4 is 46.6 Å². The molecule has 2 heterocycles. The van der Waals surface area contributed by atoms with Crippen LogP contribution in [0.15, 0.2) is 35.6 Å². The van der Waals surface area contributed by atoms with Gasteiger partial charge in [0, 0.05) is 10.9 Å². The van der Waals surface area contributed by atoms with Crippen LogP contribution in [0.5, 0.6) is 0 Å². The third kappa shape index (κ3) is 3.03. The van der Waals surface area contributed by atoms with Crippen LogP contribution >= 0.6 is 35.4 Å². The van der Waals surface area contributed by atoms with E-state index in [4.69, 9.17) is 40.3 Å². The highest BCUT2D eigenvalue weighted by Gasteiger charge is 2.18. The largest absolute Gasteiger partial charge is 0.245 e. The molecular weight excluding hydrogens is 331 g/mol. The van der Waals surface area contributed by atoms with Crippen LogP contribution in [0.1, 0.15) is 5.69 Å². The first-order chi connectivity index (χ1) is 10.2. The Bertz CT molecular complexity index is 738. The Balaban J connectivity index is 1.97. The number of hydroxylamine groups is 1. The molecule has 8 heteroatoms. The van der Waals surface area contributed by atoms with E-state index >= 15 is 0 Å². The molecular formula is C13H8Cl2N4OS. The number of aliphatic imine (C=N–C) groups is 1. The molecule has 0 amide bonds. The zero-order valence-corrected chi connectivity index (χ0v) is 12.8. The lowest BCUT2D eigenvalue weighted by atomic mass is 10.1. The lowest BCUT2D eigenvalue weighted by molar-refractivity contribution is 0.0831. The van der Waals surface area contributed by atoms with Gasteiger partial charge in [-0.15, -0.1) is 0 Å². The van der Waals surface area contributed by atoms with Crippen LogP contribution in [0.2, 0.25) is 10.0 Å². The molecule has 0 saturated carbocycles. The molecule has 1 unspecified atom stereocenters. The van der Waals surface area contributed by atoms with Gasteiger partial charge in [-0.1, -0.05) is 41.5 Å². The number of amidine groups is 1. The maximum atomic E-state index is 6.02. The first-order valence-electron chi connectivity index (χ1n) is 5.90. The molecule has 0 bridgehead atoms. The van der Waals surface area contributed by atoms with Crippen molar-refractivity contribution in [3.8, 4) is 11.3 Å². The summed E-state index contributed by atoms with van der Waals surface area (Å²) < 4.78 is 0. The number of hydrogen-bond acceptors (Lipinski definition) is 6. The number of nitrogens with zero attached hydrogens (tertiary/aromatic N) is 3. The van der Waals surface area contributed by atoms with Crippen molar-refractivity contribution in [1.29, 1.82) is 0 Å². The van der Waals surface area contributed by atoms with Gasteiger partial charge in [0.15, 0.2) is 5.84 Å². The Morgan fingerprint density at radius 3 is 2.67 bits per heavy atom. The third-order valence-corrected chi connectivity index (χ3v) is 3.75. The molecule has 3 rings (SSSR count). The van der Waals surface area contributed by atoms with Gasteiger partial charge in [0.25, 0.3) is 0 Å². The van der Waals surface area contributed by atoms with Crippen LogP contribution in [-0.4, -0.2) is 27.4 Å². The number of rotatable bonds is 3. The molecule has 1 aromatic heterocycles. The van der Waals surface area contributed by atoms with E-state index < -0.39 is 6.23 Å². The molecule has 106 valence electrons. The van der Waals surface area contributed by atoms with E-state index in [1.807, 2.05) is 6.07 Å². The molecule has 0 fully saturated rings. The highest BCUT2D eigenvalue weighted by molar-refractivity contribution is 7.79. The minimum atomic E-state index is -0.488. The number of aromatic nitrogens is 2. The van der Waals surface area contributed by atoms with E-state index in [9.17, 15) is 0 Å². The molecule has 1 atom stereocenters. The fourth-order valence-electron chi connectivity index (χ4n) is 1.77. The fourth-order valence-corrected chi connectivity index (χ4v) is 2.19. The first-order valence-corrected chi connectivity index (χ1v) is 7.12. The minimum Gasteiger partial charge on any atom is -0.245 e. The number of benzene rings is 1. The molecule has 0 spiro atoms. The molecule has 0 radical (unpaired) electrons. The van der Waals surface area contributed by atoms with Crippen molar-refractivity contribution in [3.63, 3.8) is 0 Å².